The molecule has 1 rings (SSSR count). The summed E-state index contributed by atoms with van der Waals surface area (Å²) in [5, 5.41) is 2.57. The van der Waals surface area contributed by atoms with Crippen molar-refractivity contribution >= 4 is 17.6 Å². The van der Waals surface area contributed by atoms with Crippen LogP contribution >= 0.6 is 0 Å². The molecule has 1 unspecified atom stereocenters. The first kappa shape index (κ1) is 16.0. The second kappa shape index (κ2) is 7.49. The van der Waals surface area contributed by atoms with Crippen LogP contribution in [0.3, 0.4) is 0 Å². The summed E-state index contributed by atoms with van der Waals surface area (Å²) in [5.74, 6) is -0.873. The Balaban J connectivity index is 2.77. The molecule has 1 aromatic rings. The number of rotatable bonds is 6. The van der Waals surface area contributed by atoms with Gasteiger partial charge in [0.25, 0.3) is 5.91 Å². The normalized spacial score (nSPS) is 11.8. The van der Waals surface area contributed by atoms with Crippen LogP contribution in [0.2, 0.25) is 0 Å². The highest BCUT2D eigenvalue weighted by atomic mass is 16.5. The van der Waals surface area contributed by atoms with Gasteiger partial charge in [-0.25, -0.2) is 4.79 Å². The van der Waals surface area contributed by atoms with E-state index in [0.29, 0.717) is 11.4 Å². The largest absolute Gasteiger partial charge is 0.489 e. The van der Waals surface area contributed by atoms with Crippen molar-refractivity contribution in [3.05, 3.63) is 24.3 Å². The fourth-order valence-corrected chi connectivity index (χ4v) is 1.48. The quantitative estimate of drug-likeness (QED) is 0.605. The predicted molar refractivity (Wildman–Crippen MR) is 75.4 cm³/mol. The zero-order chi connectivity index (χ0) is 15.1. The first-order valence-electron chi connectivity index (χ1n) is 6.44. The number of benzene rings is 1. The number of ether oxygens (including phenoxy) is 2. The zero-order valence-electron chi connectivity index (χ0n) is 11.9. The van der Waals surface area contributed by atoms with E-state index in [-0.39, 0.29) is 12.7 Å². The Morgan fingerprint density at radius 2 is 1.95 bits per heavy atom. The highest BCUT2D eigenvalue weighted by molar-refractivity contribution is 6.08. The van der Waals surface area contributed by atoms with Crippen LogP contribution in [0.15, 0.2) is 24.3 Å². The molecule has 20 heavy (non-hydrogen) atoms. The minimum Gasteiger partial charge on any atom is -0.489 e. The third-order valence-electron chi connectivity index (χ3n) is 2.33. The van der Waals surface area contributed by atoms with Crippen molar-refractivity contribution in [2.75, 3.05) is 11.9 Å². The summed E-state index contributed by atoms with van der Waals surface area (Å²) >= 11 is 0. The van der Waals surface area contributed by atoms with E-state index in [2.05, 4.69) is 5.32 Å². The van der Waals surface area contributed by atoms with E-state index in [4.69, 9.17) is 15.2 Å². The molecule has 0 heterocycles. The SMILES string of the molecule is CCOC(=O)C(N)C(=O)Nc1ccccc1OC(C)C. The maximum Gasteiger partial charge on any atom is 0.332 e. The third-order valence-corrected chi connectivity index (χ3v) is 2.33. The predicted octanol–water partition coefficient (Wildman–Crippen LogP) is 1.30. The highest BCUT2D eigenvalue weighted by Gasteiger charge is 2.24. The lowest BCUT2D eigenvalue weighted by atomic mass is 10.2. The van der Waals surface area contributed by atoms with E-state index in [9.17, 15) is 9.59 Å². The lowest BCUT2D eigenvalue weighted by Gasteiger charge is -2.16. The Morgan fingerprint density at radius 3 is 2.55 bits per heavy atom. The van der Waals surface area contributed by atoms with E-state index in [0.717, 1.165) is 0 Å². The minimum atomic E-state index is -1.36. The lowest BCUT2D eigenvalue weighted by molar-refractivity contribution is -0.146. The Morgan fingerprint density at radius 1 is 1.30 bits per heavy atom. The number of hydrogen-bond acceptors (Lipinski definition) is 5. The maximum atomic E-state index is 11.9. The van der Waals surface area contributed by atoms with Crippen molar-refractivity contribution < 1.29 is 19.1 Å². The van der Waals surface area contributed by atoms with Gasteiger partial charge in [-0.05, 0) is 32.9 Å². The molecule has 0 aliphatic carbocycles. The first-order chi connectivity index (χ1) is 9.45. The number of nitrogens with one attached hydrogen (secondary N) is 1. The average Bonchev–Trinajstić information content (AvgIpc) is 2.39. The maximum absolute atomic E-state index is 11.9. The third kappa shape index (κ3) is 4.55. The van der Waals surface area contributed by atoms with Crippen molar-refractivity contribution in [1.29, 1.82) is 0 Å². The number of amides is 1. The molecule has 6 nitrogen and oxygen atoms in total. The average molecular weight is 280 g/mol. The van der Waals surface area contributed by atoms with Crippen molar-refractivity contribution in [3.63, 3.8) is 0 Å². The van der Waals surface area contributed by atoms with Gasteiger partial charge in [-0.1, -0.05) is 12.1 Å². The molecule has 0 fully saturated rings. The number of carbonyl (C=O) groups excluding carboxylic acids is 2. The van der Waals surface area contributed by atoms with Crippen LogP contribution in [-0.2, 0) is 14.3 Å². The number of esters is 1. The van der Waals surface area contributed by atoms with Crippen molar-refractivity contribution in [2.45, 2.75) is 32.9 Å². The summed E-state index contributed by atoms with van der Waals surface area (Å²) in [5.41, 5.74) is 5.98. The number of anilines is 1. The topological polar surface area (TPSA) is 90.7 Å². The molecule has 1 atom stereocenters. The van der Waals surface area contributed by atoms with E-state index in [1.165, 1.54) is 0 Å². The van der Waals surface area contributed by atoms with Crippen LogP contribution in [-0.4, -0.2) is 30.6 Å². The molecule has 1 amide bonds. The van der Waals surface area contributed by atoms with E-state index in [1.807, 2.05) is 13.8 Å². The Kier molecular flexibility index (Phi) is 5.99. The molecule has 1 aromatic carbocycles. The number of carbonyl (C=O) groups is 2. The second-order valence-corrected chi connectivity index (χ2v) is 4.38. The van der Waals surface area contributed by atoms with Gasteiger partial charge < -0.3 is 20.5 Å². The summed E-state index contributed by atoms with van der Waals surface area (Å²) in [6.45, 7) is 5.58. The summed E-state index contributed by atoms with van der Waals surface area (Å²) in [7, 11) is 0. The van der Waals surface area contributed by atoms with Crippen LogP contribution in [0, 0.1) is 0 Å². The van der Waals surface area contributed by atoms with Gasteiger partial charge >= 0.3 is 5.97 Å². The number of nitrogens with two attached hydrogens (primary N) is 1. The van der Waals surface area contributed by atoms with Gasteiger partial charge in [0.2, 0.25) is 0 Å². The molecule has 110 valence electrons. The Labute approximate surface area is 118 Å². The van der Waals surface area contributed by atoms with Crippen molar-refractivity contribution in [2.24, 2.45) is 5.73 Å². The molecule has 0 aromatic heterocycles. The van der Waals surface area contributed by atoms with Gasteiger partial charge in [0.15, 0.2) is 6.04 Å². The molecule has 0 saturated carbocycles. The minimum absolute atomic E-state index is 0.0354. The smallest absolute Gasteiger partial charge is 0.332 e. The molecule has 6 heteroatoms. The number of para-hydroxylation sites is 2. The summed E-state index contributed by atoms with van der Waals surface area (Å²) in [4.78, 5) is 23.3. The van der Waals surface area contributed by atoms with Gasteiger partial charge in [0.05, 0.1) is 18.4 Å². The molecule has 0 radical (unpaired) electrons. The monoisotopic (exact) mass is 280 g/mol. The molecule has 0 spiro atoms. The number of hydrogen-bond donors (Lipinski definition) is 2. The first-order valence-corrected chi connectivity index (χ1v) is 6.44. The summed E-state index contributed by atoms with van der Waals surface area (Å²) in [6, 6.07) is 5.58. The molecule has 0 aliphatic rings. The highest BCUT2D eigenvalue weighted by Crippen LogP contribution is 2.24. The van der Waals surface area contributed by atoms with Gasteiger partial charge in [-0.2, -0.15) is 0 Å². The zero-order valence-corrected chi connectivity index (χ0v) is 11.9. The standard InChI is InChI=1S/C14H20N2O4/c1-4-19-14(18)12(15)13(17)16-10-7-5-6-8-11(10)20-9(2)3/h5-9,12H,4,15H2,1-3H3,(H,16,17). The molecule has 0 aliphatic heterocycles. The van der Waals surface area contributed by atoms with Crippen LogP contribution in [0.25, 0.3) is 0 Å². The van der Waals surface area contributed by atoms with Gasteiger partial charge in [0.1, 0.15) is 5.75 Å². The molecular weight excluding hydrogens is 260 g/mol. The van der Waals surface area contributed by atoms with Crippen LogP contribution in [0.1, 0.15) is 20.8 Å². The van der Waals surface area contributed by atoms with Gasteiger partial charge in [-0.15, -0.1) is 0 Å². The summed E-state index contributed by atoms with van der Waals surface area (Å²) < 4.78 is 10.3. The molecular formula is C14H20N2O4. The van der Waals surface area contributed by atoms with Gasteiger partial charge in [0, 0.05) is 0 Å². The Bertz CT molecular complexity index is 474. The fourth-order valence-electron chi connectivity index (χ4n) is 1.48. The van der Waals surface area contributed by atoms with E-state index < -0.39 is 17.9 Å². The molecule has 3 N–H and O–H groups in total. The molecule has 0 saturated heterocycles. The van der Waals surface area contributed by atoms with Crippen LogP contribution in [0.4, 0.5) is 5.69 Å². The lowest BCUT2D eigenvalue weighted by Crippen LogP contribution is -2.43. The van der Waals surface area contributed by atoms with E-state index >= 15 is 0 Å². The van der Waals surface area contributed by atoms with Crippen LogP contribution in [0.5, 0.6) is 5.75 Å². The molecule has 0 bridgehead atoms. The van der Waals surface area contributed by atoms with E-state index in [1.54, 1.807) is 31.2 Å². The van der Waals surface area contributed by atoms with Crippen molar-refractivity contribution in [1.82, 2.24) is 0 Å². The van der Waals surface area contributed by atoms with Gasteiger partial charge in [-0.3, -0.25) is 4.79 Å². The summed E-state index contributed by atoms with van der Waals surface area (Å²) in [6.07, 6.45) is -0.0354. The van der Waals surface area contributed by atoms with Crippen LogP contribution < -0.4 is 15.8 Å². The second-order valence-electron chi connectivity index (χ2n) is 4.38. The Hall–Kier alpha value is -2.08. The fraction of sp³-hybridized carbons (Fsp3) is 0.429. The van der Waals surface area contributed by atoms with Crippen molar-refractivity contribution in [3.8, 4) is 5.75 Å².